The second kappa shape index (κ2) is 20.1. The molecule has 10 heteroatoms. The Morgan fingerprint density at radius 3 is 1.58 bits per heavy atom. The van der Waals surface area contributed by atoms with E-state index in [-0.39, 0.29) is 30.7 Å². The second-order valence-corrected chi connectivity index (χ2v) is 12.9. The summed E-state index contributed by atoms with van der Waals surface area (Å²) >= 11 is 3.76. The Hall–Kier alpha value is 0.120. The molecule has 0 aromatic rings. The third-order valence-corrected chi connectivity index (χ3v) is 6.42. The van der Waals surface area contributed by atoms with Crippen molar-refractivity contribution in [3.8, 4) is 0 Å². The minimum atomic E-state index is -0.846. The molecule has 0 amide bonds. The van der Waals surface area contributed by atoms with E-state index in [2.05, 4.69) is 55.9 Å². The van der Waals surface area contributed by atoms with E-state index >= 15 is 0 Å². The SMILES string of the molecule is CCNCC(C)(C)CC(C)(C)CC(C)(Br)C(O)COCCOCCOCCOCCOCC(O)CO. The van der Waals surface area contributed by atoms with Gasteiger partial charge in [0.1, 0.15) is 6.10 Å². The van der Waals surface area contributed by atoms with E-state index in [1.807, 2.05) is 6.92 Å². The van der Waals surface area contributed by atoms with Gasteiger partial charge < -0.3 is 44.3 Å². The first-order chi connectivity index (χ1) is 16.9. The highest BCUT2D eigenvalue weighted by Gasteiger charge is 2.38. The van der Waals surface area contributed by atoms with Crippen LogP contribution in [0, 0.1) is 10.8 Å². The molecule has 3 atom stereocenters. The van der Waals surface area contributed by atoms with Gasteiger partial charge in [0.25, 0.3) is 0 Å². The van der Waals surface area contributed by atoms with E-state index in [0.717, 1.165) is 25.9 Å². The molecule has 0 saturated carbocycles. The zero-order valence-corrected chi connectivity index (χ0v) is 25.1. The van der Waals surface area contributed by atoms with Crippen LogP contribution >= 0.6 is 15.9 Å². The Morgan fingerprint density at radius 2 is 1.14 bits per heavy atom. The smallest absolute Gasteiger partial charge is 0.100 e. The maximum Gasteiger partial charge on any atom is 0.100 e. The van der Waals surface area contributed by atoms with E-state index in [1.54, 1.807) is 0 Å². The first-order valence-electron chi connectivity index (χ1n) is 13.1. The molecular formula is C26H54BrNO8. The fourth-order valence-electron chi connectivity index (χ4n) is 4.36. The molecule has 0 aromatic heterocycles. The summed E-state index contributed by atoms with van der Waals surface area (Å²) in [4.78, 5) is 0. The highest BCUT2D eigenvalue weighted by molar-refractivity contribution is 9.10. The Kier molecular flexibility index (Phi) is 20.2. The topological polar surface area (TPSA) is 119 Å². The van der Waals surface area contributed by atoms with Crippen molar-refractivity contribution in [2.45, 2.75) is 70.9 Å². The van der Waals surface area contributed by atoms with Crippen LogP contribution in [0.1, 0.15) is 54.4 Å². The predicted molar refractivity (Wildman–Crippen MR) is 146 cm³/mol. The molecule has 0 heterocycles. The molecule has 0 radical (unpaired) electrons. The van der Waals surface area contributed by atoms with E-state index in [4.69, 9.17) is 33.9 Å². The molecule has 0 saturated heterocycles. The van der Waals surface area contributed by atoms with Gasteiger partial charge in [-0.2, -0.15) is 0 Å². The Bertz CT molecular complexity index is 522. The molecule has 36 heavy (non-hydrogen) atoms. The van der Waals surface area contributed by atoms with Gasteiger partial charge in [-0.1, -0.05) is 50.5 Å². The lowest BCUT2D eigenvalue weighted by atomic mass is 9.70. The first kappa shape index (κ1) is 36.1. The first-order valence-corrected chi connectivity index (χ1v) is 13.9. The lowest BCUT2D eigenvalue weighted by molar-refractivity contribution is -0.0342. The lowest BCUT2D eigenvalue weighted by Crippen LogP contribution is -2.42. The van der Waals surface area contributed by atoms with Crippen molar-refractivity contribution in [3.05, 3.63) is 0 Å². The average molecular weight is 589 g/mol. The zero-order valence-electron chi connectivity index (χ0n) is 23.5. The van der Waals surface area contributed by atoms with Crippen molar-refractivity contribution < 1.29 is 39.0 Å². The normalized spacial score (nSPS) is 16.2. The van der Waals surface area contributed by atoms with Crippen LogP contribution in [0.4, 0.5) is 0 Å². The van der Waals surface area contributed by atoms with Crippen molar-refractivity contribution in [1.82, 2.24) is 5.32 Å². The van der Waals surface area contributed by atoms with Crippen LogP contribution in [0.5, 0.6) is 0 Å². The summed E-state index contributed by atoms with van der Waals surface area (Å²) in [5.74, 6) is 0. The molecule has 0 aliphatic heterocycles. The summed E-state index contributed by atoms with van der Waals surface area (Å²) in [5.41, 5.74) is 0.239. The molecule has 218 valence electrons. The van der Waals surface area contributed by atoms with Gasteiger partial charge in [0.05, 0.1) is 83.1 Å². The van der Waals surface area contributed by atoms with Gasteiger partial charge in [-0.3, -0.25) is 0 Å². The van der Waals surface area contributed by atoms with Gasteiger partial charge in [-0.05, 0) is 37.1 Å². The van der Waals surface area contributed by atoms with Gasteiger partial charge >= 0.3 is 0 Å². The van der Waals surface area contributed by atoms with E-state index in [9.17, 15) is 5.11 Å². The number of ether oxygens (including phenoxy) is 5. The fraction of sp³-hybridized carbons (Fsp3) is 1.00. The quantitative estimate of drug-likeness (QED) is 0.0942. The summed E-state index contributed by atoms with van der Waals surface area (Å²) < 4.78 is 26.6. The summed E-state index contributed by atoms with van der Waals surface area (Å²) in [6.07, 6.45) is 0.412. The van der Waals surface area contributed by atoms with Crippen LogP contribution in [0.2, 0.25) is 0 Å². The Labute approximate surface area is 227 Å². The van der Waals surface area contributed by atoms with Crippen LogP contribution in [0.25, 0.3) is 0 Å². The summed E-state index contributed by atoms with van der Waals surface area (Å²) in [7, 11) is 0. The van der Waals surface area contributed by atoms with Gasteiger partial charge in [0.2, 0.25) is 0 Å². The van der Waals surface area contributed by atoms with Crippen molar-refractivity contribution in [3.63, 3.8) is 0 Å². The van der Waals surface area contributed by atoms with Crippen LogP contribution in [0.3, 0.4) is 0 Å². The van der Waals surface area contributed by atoms with Crippen molar-refractivity contribution in [2.75, 3.05) is 85.8 Å². The number of alkyl halides is 1. The summed E-state index contributed by atoms with van der Waals surface area (Å²) in [5, 5.41) is 32.0. The molecule has 0 aliphatic rings. The van der Waals surface area contributed by atoms with Crippen molar-refractivity contribution in [1.29, 1.82) is 0 Å². The third-order valence-electron chi connectivity index (χ3n) is 5.61. The van der Waals surface area contributed by atoms with Crippen LogP contribution in [-0.4, -0.2) is 118 Å². The minimum Gasteiger partial charge on any atom is -0.394 e. The number of aliphatic hydroxyl groups excluding tert-OH is 3. The summed E-state index contributed by atoms with van der Waals surface area (Å²) in [6, 6.07) is 0. The second-order valence-electron chi connectivity index (χ2n) is 11.1. The Morgan fingerprint density at radius 1 is 0.694 bits per heavy atom. The number of hydrogen-bond donors (Lipinski definition) is 4. The van der Waals surface area contributed by atoms with Crippen LogP contribution in [0.15, 0.2) is 0 Å². The highest BCUT2D eigenvalue weighted by Crippen LogP contribution is 2.43. The van der Waals surface area contributed by atoms with E-state index < -0.39 is 16.5 Å². The molecule has 4 N–H and O–H groups in total. The zero-order chi connectivity index (χ0) is 27.5. The fourth-order valence-corrected chi connectivity index (χ4v) is 5.25. The Balaban J connectivity index is 3.81. The lowest BCUT2D eigenvalue weighted by Gasteiger charge is -2.41. The molecule has 0 aliphatic carbocycles. The van der Waals surface area contributed by atoms with Gasteiger partial charge in [0, 0.05) is 6.54 Å². The molecule has 0 rings (SSSR count). The van der Waals surface area contributed by atoms with Crippen LogP contribution < -0.4 is 5.32 Å². The maximum atomic E-state index is 10.7. The van der Waals surface area contributed by atoms with E-state index in [1.165, 1.54) is 0 Å². The summed E-state index contributed by atoms with van der Waals surface area (Å²) in [6.45, 7) is 18.7. The van der Waals surface area contributed by atoms with E-state index in [0.29, 0.717) is 52.9 Å². The monoisotopic (exact) mass is 587 g/mol. The molecule has 9 nitrogen and oxygen atoms in total. The maximum absolute atomic E-state index is 10.7. The molecule has 0 spiro atoms. The molecular weight excluding hydrogens is 534 g/mol. The molecule has 3 unspecified atom stereocenters. The molecule has 0 bridgehead atoms. The molecule has 0 fully saturated rings. The number of rotatable bonds is 25. The van der Waals surface area contributed by atoms with Gasteiger partial charge in [0.15, 0.2) is 0 Å². The predicted octanol–water partition coefficient (Wildman–Crippen LogP) is 2.38. The van der Waals surface area contributed by atoms with Crippen LogP contribution in [-0.2, 0) is 23.7 Å². The van der Waals surface area contributed by atoms with Crippen molar-refractivity contribution >= 4 is 15.9 Å². The standard InChI is InChI=1S/C26H54BrNO8/c1-7-28-21-25(4,5)19-24(2,3)20-26(6,27)23(31)18-36-15-13-34-11-9-32-8-10-33-12-14-35-17-22(30)16-29/h22-23,28-31H,7-21H2,1-6H3. The largest absolute Gasteiger partial charge is 0.394 e. The van der Waals surface area contributed by atoms with Crippen molar-refractivity contribution in [2.24, 2.45) is 10.8 Å². The minimum absolute atomic E-state index is 0.0595. The number of halogens is 1. The number of aliphatic hydroxyl groups is 3. The van der Waals surface area contributed by atoms with Gasteiger partial charge in [-0.15, -0.1) is 0 Å². The third kappa shape index (κ3) is 20.1. The number of hydrogen-bond acceptors (Lipinski definition) is 9. The highest BCUT2D eigenvalue weighted by atomic mass is 79.9. The average Bonchev–Trinajstić information content (AvgIpc) is 2.78. The van der Waals surface area contributed by atoms with Gasteiger partial charge in [-0.25, -0.2) is 0 Å². The number of nitrogens with one attached hydrogen (secondary N) is 1. The molecule has 0 aromatic carbocycles.